The van der Waals surface area contributed by atoms with Gasteiger partial charge in [-0.05, 0) is 31.2 Å². The number of hydrogen-bond donors (Lipinski definition) is 1. The molecule has 0 fully saturated rings. The highest BCUT2D eigenvalue weighted by Gasteiger charge is 2.05. The molecule has 0 aliphatic rings. The van der Waals surface area contributed by atoms with Crippen molar-refractivity contribution in [3.63, 3.8) is 0 Å². The molecule has 0 radical (unpaired) electrons. The molecule has 0 saturated heterocycles. The van der Waals surface area contributed by atoms with Crippen LogP contribution < -0.4 is 10.1 Å². The molecule has 1 unspecified atom stereocenters. The van der Waals surface area contributed by atoms with Crippen LogP contribution in [-0.2, 0) is 4.74 Å². The van der Waals surface area contributed by atoms with Gasteiger partial charge < -0.3 is 14.8 Å². The normalized spacial score (nSPS) is 11.9. The third-order valence-electron chi connectivity index (χ3n) is 2.84. The standard InChI is InChI=1S/C16H19NO2/c1-13(18-2)12-17-15-10-6-7-11-16(15)19-14-8-4-3-5-9-14/h3-11,13,17H,12H2,1-2H3. The number of methoxy groups -OCH3 is 1. The number of nitrogens with one attached hydrogen (secondary N) is 1. The summed E-state index contributed by atoms with van der Waals surface area (Å²) in [5.74, 6) is 1.65. The van der Waals surface area contributed by atoms with E-state index in [-0.39, 0.29) is 6.10 Å². The average Bonchev–Trinajstić information content (AvgIpc) is 2.47. The van der Waals surface area contributed by atoms with Gasteiger partial charge in [0.05, 0.1) is 11.8 Å². The van der Waals surface area contributed by atoms with E-state index in [1.807, 2.05) is 61.5 Å². The summed E-state index contributed by atoms with van der Waals surface area (Å²) in [7, 11) is 1.71. The summed E-state index contributed by atoms with van der Waals surface area (Å²) in [6.45, 7) is 2.76. The predicted octanol–water partition coefficient (Wildman–Crippen LogP) is 3.93. The first kappa shape index (κ1) is 13.4. The van der Waals surface area contributed by atoms with E-state index in [1.165, 1.54) is 0 Å². The summed E-state index contributed by atoms with van der Waals surface area (Å²) in [5, 5.41) is 3.33. The van der Waals surface area contributed by atoms with Gasteiger partial charge in [0.1, 0.15) is 5.75 Å². The first-order valence-corrected chi connectivity index (χ1v) is 6.38. The van der Waals surface area contributed by atoms with Crippen molar-refractivity contribution in [1.82, 2.24) is 0 Å². The second-order valence-electron chi connectivity index (χ2n) is 4.34. The Labute approximate surface area is 114 Å². The van der Waals surface area contributed by atoms with Gasteiger partial charge in [0.15, 0.2) is 5.75 Å². The van der Waals surface area contributed by atoms with Gasteiger partial charge >= 0.3 is 0 Å². The minimum absolute atomic E-state index is 0.157. The molecule has 100 valence electrons. The van der Waals surface area contributed by atoms with Crippen LogP contribution in [0.1, 0.15) is 6.92 Å². The van der Waals surface area contributed by atoms with Crippen molar-refractivity contribution in [2.24, 2.45) is 0 Å². The zero-order chi connectivity index (χ0) is 13.5. The van der Waals surface area contributed by atoms with Crippen molar-refractivity contribution >= 4 is 5.69 Å². The molecule has 0 aliphatic heterocycles. The second kappa shape index (κ2) is 6.81. The van der Waals surface area contributed by atoms with Gasteiger partial charge in [-0.25, -0.2) is 0 Å². The van der Waals surface area contributed by atoms with Crippen LogP contribution in [0.2, 0.25) is 0 Å². The third-order valence-corrected chi connectivity index (χ3v) is 2.84. The van der Waals surface area contributed by atoms with Crippen LogP contribution in [0.25, 0.3) is 0 Å². The Hall–Kier alpha value is -2.00. The van der Waals surface area contributed by atoms with Crippen molar-refractivity contribution in [3.8, 4) is 11.5 Å². The van der Waals surface area contributed by atoms with Crippen LogP contribution in [-0.4, -0.2) is 19.8 Å². The average molecular weight is 257 g/mol. The molecule has 3 nitrogen and oxygen atoms in total. The van der Waals surface area contributed by atoms with Crippen molar-refractivity contribution in [1.29, 1.82) is 0 Å². The Bertz CT molecular complexity index is 499. The lowest BCUT2D eigenvalue weighted by molar-refractivity contribution is 0.129. The number of para-hydroxylation sites is 3. The zero-order valence-corrected chi connectivity index (χ0v) is 11.3. The molecule has 2 aromatic carbocycles. The monoisotopic (exact) mass is 257 g/mol. The molecule has 1 atom stereocenters. The molecule has 2 rings (SSSR count). The summed E-state index contributed by atoms with van der Waals surface area (Å²) < 4.78 is 11.1. The lowest BCUT2D eigenvalue weighted by atomic mass is 10.2. The van der Waals surface area contributed by atoms with Gasteiger partial charge in [0.2, 0.25) is 0 Å². The summed E-state index contributed by atoms with van der Waals surface area (Å²) in [4.78, 5) is 0. The molecule has 2 aromatic rings. The van der Waals surface area contributed by atoms with E-state index in [0.29, 0.717) is 0 Å². The highest BCUT2D eigenvalue weighted by molar-refractivity contribution is 5.57. The third kappa shape index (κ3) is 4.00. The maximum Gasteiger partial charge on any atom is 0.150 e. The minimum atomic E-state index is 0.157. The van der Waals surface area contributed by atoms with Crippen LogP contribution in [0.3, 0.4) is 0 Å². The van der Waals surface area contributed by atoms with E-state index in [0.717, 1.165) is 23.7 Å². The van der Waals surface area contributed by atoms with Gasteiger partial charge in [-0.3, -0.25) is 0 Å². The Morgan fingerprint density at radius 1 is 1.00 bits per heavy atom. The summed E-state index contributed by atoms with van der Waals surface area (Å²) in [5.41, 5.74) is 0.968. The molecule has 0 amide bonds. The Kier molecular flexibility index (Phi) is 4.81. The first-order chi connectivity index (χ1) is 9.29. The second-order valence-corrected chi connectivity index (χ2v) is 4.34. The molecular formula is C16H19NO2. The molecule has 0 aliphatic carbocycles. The van der Waals surface area contributed by atoms with Gasteiger partial charge in [-0.2, -0.15) is 0 Å². The number of anilines is 1. The molecule has 0 aromatic heterocycles. The lowest BCUT2D eigenvalue weighted by Gasteiger charge is -2.15. The summed E-state index contributed by atoms with van der Waals surface area (Å²) in [6.07, 6.45) is 0.157. The van der Waals surface area contributed by atoms with Crippen molar-refractivity contribution in [3.05, 3.63) is 54.6 Å². The SMILES string of the molecule is COC(C)CNc1ccccc1Oc1ccccc1. The lowest BCUT2D eigenvalue weighted by Crippen LogP contribution is -2.18. The molecule has 0 spiro atoms. The van der Waals surface area contributed by atoms with Gasteiger partial charge in [0, 0.05) is 13.7 Å². The van der Waals surface area contributed by atoms with E-state index in [4.69, 9.17) is 9.47 Å². The van der Waals surface area contributed by atoms with Crippen LogP contribution >= 0.6 is 0 Å². The Morgan fingerprint density at radius 3 is 2.42 bits per heavy atom. The molecule has 0 saturated carbocycles. The van der Waals surface area contributed by atoms with Crippen molar-refractivity contribution < 1.29 is 9.47 Å². The van der Waals surface area contributed by atoms with Gasteiger partial charge in [-0.15, -0.1) is 0 Å². The number of benzene rings is 2. The molecule has 0 heterocycles. The number of hydrogen-bond acceptors (Lipinski definition) is 3. The topological polar surface area (TPSA) is 30.5 Å². The predicted molar refractivity (Wildman–Crippen MR) is 77.9 cm³/mol. The summed E-state index contributed by atoms with van der Waals surface area (Å²) >= 11 is 0. The molecular weight excluding hydrogens is 238 g/mol. The largest absolute Gasteiger partial charge is 0.455 e. The van der Waals surface area contributed by atoms with Gasteiger partial charge in [-0.1, -0.05) is 30.3 Å². The molecule has 3 heteroatoms. The van der Waals surface area contributed by atoms with E-state index in [1.54, 1.807) is 7.11 Å². The smallest absolute Gasteiger partial charge is 0.150 e. The Balaban J connectivity index is 2.08. The summed E-state index contributed by atoms with van der Waals surface area (Å²) in [6, 6.07) is 17.7. The van der Waals surface area contributed by atoms with E-state index >= 15 is 0 Å². The van der Waals surface area contributed by atoms with Gasteiger partial charge in [0.25, 0.3) is 0 Å². The number of ether oxygens (including phenoxy) is 2. The maximum atomic E-state index is 5.87. The quantitative estimate of drug-likeness (QED) is 0.850. The van der Waals surface area contributed by atoms with Crippen LogP contribution in [0.15, 0.2) is 54.6 Å². The fraction of sp³-hybridized carbons (Fsp3) is 0.250. The van der Waals surface area contributed by atoms with E-state index in [9.17, 15) is 0 Å². The molecule has 19 heavy (non-hydrogen) atoms. The Morgan fingerprint density at radius 2 is 1.68 bits per heavy atom. The number of rotatable bonds is 6. The van der Waals surface area contributed by atoms with Crippen LogP contribution in [0, 0.1) is 0 Å². The van der Waals surface area contributed by atoms with Crippen molar-refractivity contribution in [2.45, 2.75) is 13.0 Å². The van der Waals surface area contributed by atoms with Crippen LogP contribution in [0.4, 0.5) is 5.69 Å². The maximum absolute atomic E-state index is 5.87. The highest BCUT2D eigenvalue weighted by atomic mass is 16.5. The molecule has 0 bridgehead atoms. The molecule has 1 N–H and O–H groups in total. The fourth-order valence-electron chi connectivity index (χ4n) is 1.65. The van der Waals surface area contributed by atoms with E-state index < -0.39 is 0 Å². The highest BCUT2D eigenvalue weighted by Crippen LogP contribution is 2.28. The fourth-order valence-corrected chi connectivity index (χ4v) is 1.65. The minimum Gasteiger partial charge on any atom is -0.455 e. The van der Waals surface area contributed by atoms with Crippen LogP contribution in [0.5, 0.6) is 11.5 Å². The van der Waals surface area contributed by atoms with E-state index in [2.05, 4.69) is 5.32 Å². The van der Waals surface area contributed by atoms with Crippen molar-refractivity contribution in [2.75, 3.05) is 19.0 Å². The zero-order valence-electron chi connectivity index (χ0n) is 11.3. The first-order valence-electron chi connectivity index (χ1n) is 6.38.